The molecule has 3 N–H and O–H groups in total. The van der Waals surface area contributed by atoms with Crippen LogP contribution in [0, 0.1) is 5.92 Å². The van der Waals surface area contributed by atoms with Crippen LogP contribution >= 0.6 is 0 Å². The monoisotopic (exact) mass is 269 g/mol. The Hall–Kier alpha value is -1.43. The molecule has 0 aromatic heterocycles. The van der Waals surface area contributed by atoms with Crippen molar-refractivity contribution >= 4 is 17.7 Å². The van der Waals surface area contributed by atoms with Gasteiger partial charge in [-0.3, -0.25) is 19.7 Å². The van der Waals surface area contributed by atoms with E-state index in [0.29, 0.717) is 0 Å². The average molecular weight is 269 g/mol. The maximum absolute atomic E-state index is 12.2. The molecule has 3 unspecified atom stereocenters. The number of hydrogen-bond donors (Lipinski definition) is 2. The normalized spacial score (nSPS) is 22.9. The smallest absolute Gasteiger partial charge is 0.249 e. The molecule has 108 valence electrons. The van der Waals surface area contributed by atoms with Crippen LogP contribution in [0.1, 0.15) is 40.0 Å². The van der Waals surface area contributed by atoms with Crippen LogP contribution in [0.2, 0.25) is 0 Å². The van der Waals surface area contributed by atoms with E-state index in [1.165, 1.54) is 4.90 Å². The Morgan fingerprint density at radius 1 is 1.42 bits per heavy atom. The minimum absolute atomic E-state index is 0.0383. The molecular formula is C13H23N3O3. The van der Waals surface area contributed by atoms with Crippen LogP contribution in [0.5, 0.6) is 0 Å². The largest absolute Gasteiger partial charge is 0.328 e. The Labute approximate surface area is 113 Å². The number of nitrogens with one attached hydrogen (secondary N) is 1. The molecular weight excluding hydrogens is 246 g/mol. The van der Waals surface area contributed by atoms with Gasteiger partial charge in [-0.25, -0.2) is 0 Å². The Bertz CT molecular complexity index is 368. The van der Waals surface area contributed by atoms with Gasteiger partial charge in [-0.15, -0.1) is 0 Å². The lowest BCUT2D eigenvalue weighted by molar-refractivity contribution is -0.151. The van der Waals surface area contributed by atoms with Crippen LogP contribution in [-0.2, 0) is 14.4 Å². The van der Waals surface area contributed by atoms with Crippen LogP contribution in [0.3, 0.4) is 0 Å². The Kier molecular flexibility index (Phi) is 5.47. The summed E-state index contributed by atoms with van der Waals surface area (Å²) in [5.41, 5.74) is 5.66. The van der Waals surface area contributed by atoms with Crippen molar-refractivity contribution in [1.29, 1.82) is 0 Å². The molecule has 1 aliphatic heterocycles. The van der Waals surface area contributed by atoms with Gasteiger partial charge in [0.15, 0.2) is 0 Å². The number of nitrogens with two attached hydrogens (primary N) is 1. The van der Waals surface area contributed by atoms with Gasteiger partial charge < -0.3 is 10.6 Å². The van der Waals surface area contributed by atoms with Gasteiger partial charge in [0.2, 0.25) is 17.7 Å². The van der Waals surface area contributed by atoms with E-state index in [4.69, 9.17) is 5.73 Å². The molecule has 19 heavy (non-hydrogen) atoms. The fourth-order valence-corrected chi connectivity index (χ4v) is 2.14. The zero-order chi connectivity index (χ0) is 14.6. The van der Waals surface area contributed by atoms with Crippen molar-refractivity contribution in [3.8, 4) is 0 Å². The SMILES string of the molecule is CC(N)CCCC(C)C(=O)N1CC(=O)NC(=O)C1C. The third kappa shape index (κ3) is 4.31. The van der Waals surface area contributed by atoms with E-state index in [9.17, 15) is 14.4 Å². The van der Waals surface area contributed by atoms with E-state index in [1.807, 2.05) is 13.8 Å². The number of piperazine rings is 1. The minimum Gasteiger partial charge on any atom is -0.328 e. The van der Waals surface area contributed by atoms with Gasteiger partial charge in [-0.05, 0) is 26.7 Å². The molecule has 0 aliphatic carbocycles. The van der Waals surface area contributed by atoms with Crippen molar-refractivity contribution < 1.29 is 14.4 Å². The Balaban J connectivity index is 2.55. The van der Waals surface area contributed by atoms with Crippen LogP contribution in [-0.4, -0.2) is 41.2 Å². The molecule has 0 spiro atoms. The molecule has 3 atom stereocenters. The summed E-state index contributed by atoms with van der Waals surface area (Å²) in [7, 11) is 0. The fourth-order valence-electron chi connectivity index (χ4n) is 2.14. The maximum Gasteiger partial charge on any atom is 0.249 e. The first-order chi connectivity index (χ1) is 8.82. The van der Waals surface area contributed by atoms with Crippen LogP contribution < -0.4 is 11.1 Å². The molecule has 0 radical (unpaired) electrons. The second kappa shape index (κ2) is 6.65. The second-order valence-corrected chi connectivity index (χ2v) is 5.36. The fraction of sp³-hybridized carbons (Fsp3) is 0.769. The third-order valence-corrected chi connectivity index (χ3v) is 3.42. The molecule has 6 heteroatoms. The first-order valence-corrected chi connectivity index (χ1v) is 6.72. The summed E-state index contributed by atoms with van der Waals surface area (Å²) < 4.78 is 0. The Morgan fingerprint density at radius 2 is 2.05 bits per heavy atom. The van der Waals surface area contributed by atoms with Gasteiger partial charge in [0, 0.05) is 12.0 Å². The molecule has 0 aromatic rings. The van der Waals surface area contributed by atoms with Gasteiger partial charge in [0.1, 0.15) is 12.6 Å². The molecule has 1 heterocycles. The van der Waals surface area contributed by atoms with E-state index >= 15 is 0 Å². The lowest BCUT2D eigenvalue weighted by Crippen LogP contribution is -2.59. The first-order valence-electron chi connectivity index (χ1n) is 6.72. The number of hydrogen-bond acceptors (Lipinski definition) is 4. The van der Waals surface area contributed by atoms with Gasteiger partial charge >= 0.3 is 0 Å². The summed E-state index contributed by atoms with van der Waals surface area (Å²) in [6.45, 7) is 5.35. The van der Waals surface area contributed by atoms with Crippen LogP contribution in [0.25, 0.3) is 0 Å². The highest BCUT2D eigenvalue weighted by molar-refractivity contribution is 6.04. The summed E-state index contributed by atoms with van der Waals surface area (Å²) in [6, 6.07) is -0.454. The highest BCUT2D eigenvalue weighted by atomic mass is 16.2. The van der Waals surface area contributed by atoms with Crippen molar-refractivity contribution in [1.82, 2.24) is 10.2 Å². The van der Waals surface area contributed by atoms with Crippen molar-refractivity contribution in [3.63, 3.8) is 0 Å². The maximum atomic E-state index is 12.2. The number of carbonyl (C=O) groups excluding carboxylic acids is 3. The number of imide groups is 1. The van der Waals surface area contributed by atoms with E-state index in [-0.39, 0.29) is 24.4 Å². The molecule has 1 aliphatic rings. The van der Waals surface area contributed by atoms with E-state index in [2.05, 4.69) is 5.32 Å². The quantitative estimate of drug-likeness (QED) is 0.688. The number of nitrogens with zero attached hydrogens (tertiary/aromatic N) is 1. The molecule has 1 fully saturated rings. The van der Waals surface area contributed by atoms with E-state index in [1.54, 1.807) is 6.92 Å². The molecule has 0 bridgehead atoms. The zero-order valence-corrected chi connectivity index (χ0v) is 11.8. The summed E-state index contributed by atoms with van der Waals surface area (Å²) in [5, 5.41) is 2.22. The topological polar surface area (TPSA) is 92.5 Å². The van der Waals surface area contributed by atoms with Crippen molar-refractivity contribution in [2.45, 2.75) is 52.1 Å². The van der Waals surface area contributed by atoms with Gasteiger partial charge in [-0.1, -0.05) is 13.3 Å². The number of amides is 3. The summed E-state index contributed by atoms with van der Waals surface area (Å²) in [4.78, 5) is 36.4. The predicted molar refractivity (Wildman–Crippen MR) is 71.0 cm³/mol. The highest BCUT2D eigenvalue weighted by Gasteiger charge is 2.35. The summed E-state index contributed by atoms with van der Waals surface area (Å²) in [5.74, 6) is -1.16. The average Bonchev–Trinajstić information content (AvgIpc) is 2.32. The standard InChI is InChI=1S/C13H23N3O3/c1-8(5-4-6-9(2)14)13(19)16-7-11(17)15-12(18)10(16)3/h8-10H,4-7,14H2,1-3H3,(H,15,17,18). The third-order valence-electron chi connectivity index (χ3n) is 3.42. The first kappa shape index (κ1) is 15.6. The molecule has 3 amide bonds. The van der Waals surface area contributed by atoms with Gasteiger partial charge in [0.05, 0.1) is 0 Å². The van der Waals surface area contributed by atoms with Crippen molar-refractivity contribution in [2.24, 2.45) is 11.7 Å². The summed E-state index contributed by atoms with van der Waals surface area (Å²) in [6.07, 6.45) is 2.46. The molecule has 0 saturated carbocycles. The summed E-state index contributed by atoms with van der Waals surface area (Å²) >= 11 is 0. The van der Waals surface area contributed by atoms with E-state index in [0.717, 1.165) is 19.3 Å². The predicted octanol–water partition coefficient (Wildman–Crippen LogP) is 0.0135. The minimum atomic E-state index is -0.582. The lowest BCUT2D eigenvalue weighted by Gasteiger charge is -2.33. The van der Waals surface area contributed by atoms with Crippen molar-refractivity contribution in [3.05, 3.63) is 0 Å². The molecule has 6 nitrogen and oxygen atoms in total. The van der Waals surface area contributed by atoms with Crippen LogP contribution in [0.4, 0.5) is 0 Å². The van der Waals surface area contributed by atoms with Crippen molar-refractivity contribution in [2.75, 3.05) is 6.54 Å². The Morgan fingerprint density at radius 3 is 2.63 bits per heavy atom. The van der Waals surface area contributed by atoms with Crippen LogP contribution in [0.15, 0.2) is 0 Å². The zero-order valence-electron chi connectivity index (χ0n) is 11.8. The number of carbonyl (C=O) groups is 3. The van der Waals surface area contributed by atoms with Gasteiger partial charge in [0.25, 0.3) is 0 Å². The molecule has 0 aromatic carbocycles. The number of rotatable bonds is 5. The molecule has 1 saturated heterocycles. The highest BCUT2D eigenvalue weighted by Crippen LogP contribution is 2.15. The van der Waals surface area contributed by atoms with E-state index < -0.39 is 17.9 Å². The van der Waals surface area contributed by atoms with Gasteiger partial charge in [-0.2, -0.15) is 0 Å². The lowest BCUT2D eigenvalue weighted by atomic mass is 9.99. The molecule has 1 rings (SSSR count). The second-order valence-electron chi connectivity index (χ2n) is 5.36.